The van der Waals surface area contributed by atoms with E-state index in [1.165, 1.54) is 0 Å². The van der Waals surface area contributed by atoms with E-state index >= 15 is 0 Å². The summed E-state index contributed by atoms with van der Waals surface area (Å²) in [5, 5.41) is 13.5. The maximum absolute atomic E-state index is 14.2. The summed E-state index contributed by atoms with van der Waals surface area (Å²) >= 11 is 0. The summed E-state index contributed by atoms with van der Waals surface area (Å²) in [7, 11) is 0. The predicted octanol–water partition coefficient (Wildman–Crippen LogP) is 4.92. The van der Waals surface area contributed by atoms with Crippen LogP contribution in [0.5, 0.6) is 0 Å². The van der Waals surface area contributed by atoms with Crippen LogP contribution in [0, 0.1) is 0 Å². The van der Waals surface area contributed by atoms with Gasteiger partial charge in [0.25, 0.3) is 5.92 Å². The molecule has 0 spiro atoms. The van der Waals surface area contributed by atoms with Crippen molar-refractivity contribution < 1.29 is 37.7 Å². The number of carboxylic acid groups (broad SMARTS) is 1. The summed E-state index contributed by atoms with van der Waals surface area (Å²) in [5.41, 5.74) is 3.19. The van der Waals surface area contributed by atoms with Crippen LogP contribution in [0.3, 0.4) is 0 Å². The first-order chi connectivity index (χ1) is 16.9. The first-order valence-corrected chi connectivity index (χ1v) is 11.6. The van der Waals surface area contributed by atoms with Gasteiger partial charge in [0.15, 0.2) is 0 Å². The Bertz CT molecular complexity index is 1070. The Morgan fingerprint density at radius 1 is 0.972 bits per heavy atom. The molecule has 0 bridgehead atoms. The molecule has 2 amide bonds. The Morgan fingerprint density at radius 2 is 1.53 bits per heavy atom. The minimum absolute atomic E-state index is 0.0395. The molecule has 0 saturated carbocycles. The number of fused-ring (bicyclic) bond motifs is 3. The first-order valence-electron chi connectivity index (χ1n) is 11.6. The molecule has 0 aromatic heterocycles. The summed E-state index contributed by atoms with van der Waals surface area (Å²) in [4.78, 5) is 35.5. The molecule has 1 aliphatic carbocycles. The Hall–Kier alpha value is -3.69. The lowest BCUT2D eigenvalue weighted by molar-refractivity contribution is -0.140. The molecule has 3 rings (SSSR count). The Labute approximate surface area is 208 Å². The number of carboxylic acids is 1. The fourth-order valence-electron chi connectivity index (χ4n) is 4.00. The average Bonchev–Trinajstić information content (AvgIpc) is 3.12. The van der Waals surface area contributed by atoms with Crippen LogP contribution >= 0.6 is 0 Å². The van der Waals surface area contributed by atoms with Gasteiger partial charge in [0.1, 0.15) is 18.2 Å². The molecule has 36 heavy (non-hydrogen) atoms. The molecule has 3 N–H and O–H groups in total. The minimum atomic E-state index is -3.41. The molecular formula is C26H30F2N2O6. The van der Waals surface area contributed by atoms with Crippen molar-refractivity contribution in [1.82, 2.24) is 10.6 Å². The van der Waals surface area contributed by atoms with Crippen LogP contribution in [0.2, 0.25) is 0 Å². The van der Waals surface area contributed by atoms with Crippen LogP contribution in [-0.2, 0) is 14.3 Å². The lowest BCUT2D eigenvalue weighted by Gasteiger charge is -2.23. The van der Waals surface area contributed by atoms with Crippen molar-refractivity contribution >= 4 is 18.2 Å². The number of benzene rings is 2. The summed E-state index contributed by atoms with van der Waals surface area (Å²) < 4.78 is 38.6. The number of carbonyl (C=O) groups excluding carboxylic acids is 2. The highest BCUT2D eigenvalue weighted by Gasteiger charge is 2.34. The van der Waals surface area contributed by atoms with E-state index in [0.717, 1.165) is 22.3 Å². The average molecular weight is 505 g/mol. The highest BCUT2D eigenvalue weighted by molar-refractivity contribution is 5.81. The molecule has 10 heteroatoms. The zero-order valence-corrected chi connectivity index (χ0v) is 20.3. The summed E-state index contributed by atoms with van der Waals surface area (Å²) in [6.07, 6.45) is -3.47. The van der Waals surface area contributed by atoms with E-state index in [4.69, 9.17) is 9.47 Å². The second-order valence-corrected chi connectivity index (χ2v) is 9.61. The fourth-order valence-corrected chi connectivity index (χ4v) is 4.00. The first kappa shape index (κ1) is 26.9. The van der Waals surface area contributed by atoms with Crippen molar-refractivity contribution in [2.45, 2.75) is 57.1 Å². The molecule has 2 aromatic rings. The van der Waals surface area contributed by atoms with Crippen LogP contribution in [-0.4, -0.2) is 54.0 Å². The third kappa shape index (κ3) is 7.16. The quantitative estimate of drug-likeness (QED) is 0.447. The molecule has 0 heterocycles. The van der Waals surface area contributed by atoms with Gasteiger partial charge in [0.2, 0.25) is 0 Å². The lowest BCUT2D eigenvalue weighted by Crippen LogP contribution is -2.44. The van der Waals surface area contributed by atoms with Gasteiger partial charge in [0, 0.05) is 12.3 Å². The Morgan fingerprint density at radius 3 is 2.06 bits per heavy atom. The van der Waals surface area contributed by atoms with E-state index in [1.54, 1.807) is 20.8 Å². The highest BCUT2D eigenvalue weighted by Crippen LogP contribution is 2.44. The molecule has 0 unspecified atom stereocenters. The molecular weight excluding hydrogens is 474 g/mol. The third-order valence-corrected chi connectivity index (χ3v) is 5.62. The molecule has 8 nitrogen and oxygen atoms in total. The number of alkyl halides is 2. The van der Waals surface area contributed by atoms with Gasteiger partial charge < -0.3 is 25.2 Å². The van der Waals surface area contributed by atoms with Crippen LogP contribution < -0.4 is 10.6 Å². The number of aliphatic carboxylic acids is 1. The normalized spacial score (nSPS) is 13.8. The largest absolute Gasteiger partial charge is 0.480 e. The number of carbonyl (C=O) groups is 3. The third-order valence-electron chi connectivity index (χ3n) is 5.62. The van der Waals surface area contributed by atoms with Crippen LogP contribution in [0.15, 0.2) is 48.5 Å². The minimum Gasteiger partial charge on any atom is -0.480 e. The summed E-state index contributed by atoms with van der Waals surface area (Å²) in [6, 6.07) is 13.9. The topological polar surface area (TPSA) is 114 Å². The second kappa shape index (κ2) is 10.9. The van der Waals surface area contributed by atoms with Gasteiger partial charge in [-0.1, -0.05) is 48.5 Å². The van der Waals surface area contributed by atoms with Crippen molar-refractivity contribution in [1.29, 1.82) is 0 Å². The molecule has 0 aliphatic heterocycles. The van der Waals surface area contributed by atoms with Gasteiger partial charge in [-0.2, -0.15) is 0 Å². The van der Waals surface area contributed by atoms with E-state index in [-0.39, 0.29) is 12.5 Å². The Kier molecular flexibility index (Phi) is 8.17. The van der Waals surface area contributed by atoms with E-state index in [9.17, 15) is 28.3 Å². The molecule has 0 radical (unpaired) electrons. The van der Waals surface area contributed by atoms with E-state index < -0.39 is 55.1 Å². The number of hydrogen-bond donors (Lipinski definition) is 3. The van der Waals surface area contributed by atoms with E-state index in [0.29, 0.717) is 0 Å². The molecule has 1 atom stereocenters. The zero-order chi connectivity index (χ0) is 26.5. The van der Waals surface area contributed by atoms with Crippen molar-refractivity contribution in [2.24, 2.45) is 0 Å². The number of nitrogens with one attached hydrogen (secondary N) is 2. The van der Waals surface area contributed by atoms with Crippen LogP contribution in [0.4, 0.5) is 18.4 Å². The van der Waals surface area contributed by atoms with Crippen LogP contribution in [0.1, 0.15) is 50.7 Å². The summed E-state index contributed by atoms with van der Waals surface area (Å²) in [5.74, 6) is -5.11. The smallest absolute Gasteiger partial charge is 0.407 e. The maximum Gasteiger partial charge on any atom is 0.407 e. The highest BCUT2D eigenvalue weighted by atomic mass is 19.3. The lowest BCUT2D eigenvalue weighted by atomic mass is 9.98. The predicted molar refractivity (Wildman–Crippen MR) is 128 cm³/mol. The van der Waals surface area contributed by atoms with Crippen molar-refractivity contribution in [3.05, 3.63) is 59.7 Å². The zero-order valence-electron chi connectivity index (χ0n) is 20.3. The van der Waals surface area contributed by atoms with Crippen molar-refractivity contribution in [2.75, 3.05) is 13.2 Å². The van der Waals surface area contributed by atoms with Gasteiger partial charge in [0.05, 0.1) is 6.54 Å². The van der Waals surface area contributed by atoms with Crippen molar-refractivity contribution in [3.8, 4) is 11.1 Å². The molecule has 0 fully saturated rings. The van der Waals surface area contributed by atoms with E-state index in [1.807, 2.05) is 53.8 Å². The van der Waals surface area contributed by atoms with Crippen LogP contribution in [0.25, 0.3) is 11.1 Å². The SMILES string of the molecule is CC(C)(C)OC(=O)NCC(F)(F)CC[C@H](NC(=O)OCC1c2ccccc2-c2ccccc21)C(=O)O. The number of hydrogen-bond acceptors (Lipinski definition) is 5. The van der Waals surface area contributed by atoms with Crippen molar-refractivity contribution in [3.63, 3.8) is 0 Å². The standard InChI is InChI=1S/C26H30F2N2O6/c1-25(2,3)36-23(33)29-15-26(27,28)13-12-21(22(31)32)30-24(34)35-14-20-18-10-6-4-8-16(18)17-9-5-7-11-19(17)20/h4-11,20-21H,12-15H2,1-3H3,(H,29,33)(H,30,34)(H,31,32)/t21-/m0/s1. The Balaban J connectivity index is 1.53. The molecule has 1 aliphatic rings. The number of rotatable bonds is 9. The maximum atomic E-state index is 14.2. The van der Waals surface area contributed by atoms with Gasteiger partial charge in [-0.05, 0) is 49.4 Å². The number of ether oxygens (including phenoxy) is 2. The van der Waals surface area contributed by atoms with E-state index in [2.05, 4.69) is 5.32 Å². The monoisotopic (exact) mass is 504 g/mol. The number of amides is 2. The molecule has 0 saturated heterocycles. The summed E-state index contributed by atoms with van der Waals surface area (Å²) in [6.45, 7) is 3.72. The number of alkyl carbamates (subject to hydrolysis) is 2. The van der Waals surface area contributed by atoms with Gasteiger partial charge >= 0.3 is 18.2 Å². The second-order valence-electron chi connectivity index (χ2n) is 9.61. The van der Waals surface area contributed by atoms with Gasteiger partial charge in [-0.3, -0.25) is 0 Å². The van der Waals surface area contributed by atoms with Gasteiger partial charge in [-0.25, -0.2) is 23.2 Å². The van der Waals surface area contributed by atoms with Gasteiger partial charge in [-0.15, -0.1) is 0 Å². The fraction of sp³-hybridized carbons (Fsp3) is 0.423. The molecule has 194 valence electrons. The molecule has 2 aromatic carbocycles. The number of halogens is 2.